The van der Waals surface area contributed by atoms with Crippen LogP contribution in [0.25, 0.3) is 0 Å². The molecule has 6 heteroatoms. The van der Waals surface area contributed by atoms with Crippen molar-refractivity contribution in [3.8, 4) is 0 Å². The highest BCUT2D eigenvalue weighted by molar-refractivity contribution is 7.99. The summed E-state index contributed by atoms with van der Waals surface area (Å²) in [6.07, 6.45) is 0.944. The van der Waals surface area contributed by atoms with Crippen molar-refractivity contribution in [2.45, 2.75) is 37.1 Å². The summed E-state index contributed by atoms with van der Waals surface area (Å²) in [5, 5.41) is 16.0. The number of H-pyrrole nitrogens is 1. The smallest absolute Gasteiger partial charge is 0.304 e. The molecule has 0 aliphatic heterocycles. The van der Waals surface area contributed by atoms with Gasteiger partial charge in [0.2, 0.25) is 5.16 Å². The van der Waals surface area contributed by atoms with E-state index in [1.165, 1.54) is 11.8 Å². The molecule has 0 saturated carbocycles. The number of carbonyl (C=O) groups is 1. The SMILES string of the molecule is CCC(CC(=O)O)Sc1n[nH]c(C)n1. The van der Waals surface area contributed by atoms with Crippen LogP contribution < -0.4 is 0 Å². The molecule has 1 aromatic rings. The monoisotopic (exact) mass is 215 g/mol. The van der Waals surface area contributed by atoms with Gasteiger partial charge in [0.05, 0.1) is 6.42 Å². The van der Waals surface area contributed by atoms with Crippen molar-refractivity contribution in [2.75, 3.05) is 0 Å². The molecule has 0 bridgehead atoms. The van der Waals surface area contributed by atoms with Gasteiger partial charge in [0, 0.05) is 5.25 Å². The summed E-state index contributed by atoms with van der Waals surface area (Å²) >= 11 is 1.40. The van der Waals surface area contributed by atoms with E-state index in [-0.39, 0.29) is 11.7 Å². The predicted molar refractivity (Wildman–Crippen MR) is 53.3 cm³/mol. The summed E-state index contributed by atoms with van der Waals surface area (Å²) < 4.78 is 0. The minimum Gasteiger partial charge on any atom is -0.481 e. The molecule has 0 radical (unpaired) electrons. The molecule has 0 aromatic carbocycles. The molecular weight excluding hydrogens is 202 g/mol. The van der Waals surface area contributed by atoms with Crippen molar-refractivity contribution in [1.29, 1.82) is 0 Å². The molecule has 0 fully saturated rings. The van der Waals surface area contributed by atoms with E-state index in [9.17, 15) is 4.79 Å². The number of nitrogens with one attached hydrogen (secondary N) is 1. The molecule has 1 rings (SSSR count). The predicted octanol–water partition coefficient (Wildman–Crippen LogP) is 1.46. The molecule has 0 aliphatic rings. The fourth-order valence-corrected chi connectivity index (χ4v) is 1.97. The fraction of sp³-hybridized carbons (Fsp3) is 0.625. The summed E-state index contributed by atoms with van der Waals surface area (Å²) in [4.78, 5) is 14.6. The van der Waals surface area contributed by atoms with E-state index in [1.807, 2.05) is 13.8 Å². The normalized spacial score (nSPS) is 12.7. The van der Waals surface area contributed by atoms with Gasteiger partial charge >= 0.3 is 5.97 Å². The average molecular weight is 215 g/mol. The second kappa shape index (κ2) is 4.99. The Bertz CT molecular complexity index is 313. The Hall–Kier alpha value is -1.04. The summed E-state index contributed by atoms with van der Waals surface area (Å²) in [7, 11) is 0. The molecule has 0 saturated heterocycles. The van der Waals surface area contributed by atoms with E-state index in [0.717, 1.165) is 12.2 Å². The van der Waals surface area contributed by atoms with Crippen LogP contribution in [0.3, 0.4) is 0 Å². The summed E-state index contributed by atoms with van der Waals surface area (Å²) in [6, 6.07) is 0. The van der Waals surface area contributed by atoms with Gasteiger partial charge in [0.25, 0.3) is 0 Å². The third kappa shape index (κ3) is 3.37. The van der Waals surface area contributed by atoms with Gasteiger partial charge in [0.15, 0.2) is 0 Å². The van der Waals surface area contributed by atoms with E-state index < -0.39 is 5.97 Å². The standard InChI is InChI=1S/C8H13N3O2S/c1-3-6(4-7(12)13)14-8-9-5(2)10-11-8/h6H,3-4H2,1-2H3,(H,12,13)(H,9,10,11). The van der Waals surface area contributed by atoms with Crippen molar-refractivity contribution in [3.05, 3.63) is 5.82 Å². The van der Waals surface area contributed by atoms with Crippen LogP contribution in [-0.4, -0.2) is 31.5 Å². The van der Waals surface area contributed by atoms with E-state index >= 15 is 0 Å². The first-order chi connectivity index (χ1) is 6.61. The van der Waals surface area contributed by atoms with Crippen molar-refractivity contribution >= 4 is 17.7 Å². The van der Waals surface area contributed by atoms with Crippen molar-refractivity contribution in [1.82, 2.24) is 15.2 Å². The molecule has 1 atom stereocenters. The van der Waals surface area contributed by atoms with Crippen LogP contribution in [0.5, 0.6) is 0 Å². The first-order valence-corrected chi connectivity index (χ1v) is 5.27. The first-order valence-electron chi connectivity index (χ1n) is 4.39. The number of carboxylic acids is 1. The number of aryl methyl sites for hydroxylation is 1. The Kier molecular flexibility index (Phi) is 3.94. The minimum atomic E-state index is -0.781. The number of aromatic amines is 1. The molecular formula is C8H13N3O2S. The summed E-state index contributed by atoms with van der Waals surface area (Å²) in [5.74, 6) is -0.0331. The highest BCUT2D eigenvalue weighted by Crippen LogP contribution is 2.24. The minimum absolute atomic E-state index is 0.0442. The number of hydrogen-bond acceptors (Lipinski definition) is 4. The molecule has 1 aromatic heterocycles. The van der Waals surface area contributed by atoms with Crippen LogP contribution in [0.1, 0.15) is 25.6 Å². The van der Waals surface area contributed by atoms with Gasteiger partial charge in [-0.25, -0.2) is 4.98 Å². The summed E-state index contributed by atoms with van der Waals surface area (Å²) in [6.45, 7) is 3.77. The van der Waals surface area contributed by atoms with Crippen molar-refractivity contribution in [2.24, 2.45) is 0 Å². The van der Waals surface area contributed by atoms with Gasteiger partial charge in [-0.2, -0.15) is 0 Å². The van der Waals surface area contributed by atoms with E-state index in [1.54, 1.807) is 0 Å². The molecule has 2 N–H and O–H groups in total. The number of nitrogens with zero attached hydrogens (tertiary/aromatic N) is 2. The van der Waals surface area contributed by atoms with Crippen LogP contribution in [0.15, 0.2) is 5.16 Å². The molecule has 14 heavy (non-hydrogen) atoms. The van der Waals surface area contributed by atoms with Gasteiger partial charge < -0.3 is 5.11 Å². The lowest BCUT2D eigenvalue weighted by molar-refractivity contribution is -0.136. The van der Waals surface area contributed by atoms with Gasteiger partial charge in [-0.1, -0.05) is 18.7 Å². The molecule has 1 unspecified atom stereocenters. The van der Waals surface area contributed by atoms with E-state index in [0.29, 0.717) is 5.16 Å². The Balaban J connectivity index is 2.52. The van der Waals surface area contributed by atoms with Gasteiger partial charge in [-0.3, -0.25) is 9.89 Å². The number of carboxylic acid groups (broad SMARTS) is 1. The van der Waals surface area contributed by atoms with Crippen molar-refractivity contribution < 1.29 is 9.90 Å². The van der Waals surface area contributed by atoms with Crippen LogP contribution in [0, 0.1) is 6.92 Å². The number of thioether (sulfide) groups is 1. The lowest BCUT2D eigenvalue weighted by Crippen LogP contribution is -2.08. The zero-order valence-corrected chi connectivity index (χ0v) is 8.97. The zero-order valence-electron chi connectivity index (χ0n) is 8.15. The third-order valence-electron chi connectivity index (χ3n) is 1.71. The molecule has 0 amide bonds. The van der Waals surface area contributed by atoms with Crippen LogP contribution in [0.4, 0.5) is 0 Å². The average Bonchev–Trinajstić information content (AvgIpc) is 2.49. The van der Waals surface area contributed by atoms with Gasteiger partial charge in [-0.05, 0) is 13.3 Å². The highest BCUT2D eigenvalue weighted by atomic mass is 32.2. The Morgan fingerprint density at radius 1 is 1.71 bits per heavy atom. The van der Waals surface area contributed by atoms with Crippen LogP contribution in [-0.2, 0) is 4.79 Å². The Labute approximate surface area is 86.3 Å². The van der Waals surface area contributed by atoms with E-state index in [4.69, 9.17) is 5.11 Å². The number of aliphatic carboxylic acids is 1. The lowest BCUT2D eigenvalue weighted by atomic mass is 10.2. The number of aromatic nitrogens is 3. The zero-order chi connectivity index (χ0) is 10.6. The van der Waals surface area contributed by atoms with Gasteiger partial charge in [0.1, 0.15) is 5.82 Å². The number of hydrogen-bond donors (Lipinski definition) is 2. The topological polar surface area (TPSA) is 78.9 Å². The molecule has 0 aliphatic carbocycles. The Morgan fingerprint density at radius 2 is 2.43 bits per heavy atom. The maximum Gasteiger partial charge on any atom is 0.304 e. The second-order valence-electron chi connectivity index (χ2n) is 2.95. The summed E-state index contributed by atoms with van der Waals surface area (Å²) in [5.41, 5.74) is 0. The maximum absolute atomic E-state index is 10.5. The lowest BCUT2D eigenvalue weighted by Gasteiger charge is -2.07. The number of rotatable bonds is 5. The maximum atomic E-state index is 10.5. The van der Waals surface area contributed by atoms with Crippen LogP contribution >= 0.6 is 11.8 Å². The first kappa shape index (κ1) is 11.0. The Morgan fingerprint density at radius 3 is 2.86 bits per heavy atom. The van der Waals surface area contributed by atoms with Gasteiger partial charge in [-0.15, -0.1) is 5.10 Å². The quantitative estimate of drug-likeness (QED) is 0.727. The molecule has 0 spiro atoms. The van der Waals surface area contributed by atoms with E-state index in [2.05, 4.69) is 15.2 Å². The van der Waals surface area contributed by atoms with Crippen molar-refractivity contribution in [3.63, 3.8) is 0 Å². The fourth-order valence-electron chi connectivity index (χ4n) is 0.988. The highest BCUT2D eigenvalue weighted by Gasteiger charge is 2.14. The second-order valence-corrected chi connectivity index (χ2v) is 4.22. The largest absolute Gasteiger partial charge is 0.481 e. The third-order valence-corrected chi connectivity index (χ3v) is 2.93. The molecule has 1 heterocycles. The molecule has 78 valence electrons. The molecule has 5 nitrogen and oxygen atoms in total. The van der Waals surface area contributed by atoms with Crippen LogP contribution in [0.2, 0.25) is 0 Å².